The third-order valence-corrected chi connectivity index (χ3v) is 1.69. The zero-order chi connectivity index (χ0) is 11.1. The summed E-state index contributed by atoms with van der Waals surface area (Å²) in [5.41, 5.74) is 0.587. The second-order valence-electron chi connectivity index (χ2n) is 2.65. The van der Waals surface area contributed by atoms with E-state index < -0.39 is 5.97 Å². The number of methoxy groups -OCH3 is 1. The Kier molecular flexibility index (Phi) is 4.15. The van der Waals surface area contributed by atoms with Crippen LogP contribution in [0.5, 0.6) is 5.75 Å². The molecule has 0 bridgehead atoms. The highest BCUT2D eigenvalue weighted by atomic mass is 16.6. The van der Waals surface area contributed by atoms with Gasteiger partial charge in [-0.15, -0.1) is 0 Å². The van der Waals surface area contributed by atoms with E-state index in [-0.39, 0.29) is 6.61 Å². The smallest absolute Gasteiger partial charge is 0.343 e. The molecule has 0 aliphatic rings. The molecule has 0 saturated carbocycles. The molecule has 0 fully saturated rings. The largest absolute Gasteiger partial charge is 0.481 e. The van der Waals surface area contributed by atoms with Gasteiger partial charge < -0.3 is 14.7 Å². The van der Waals surface area contributed by atoms with Gasteiger partial charge in [-0.2, -0.15) is 0 Å². The van der Waals surface area contributed by atoms with Crippen molar-refractivity contribution in [2.24, 2.45) is 5.16 Å². The van der Waals surface area contributed by atoms with Gasteiger partial charge in [0, 0.05) is 5.56 Å². The second-order valence-corrected chi connectivity index (χ2v) is 2.65. The predicted octanol–water partition coefficient (Wildman–Crippen LogP) is 1.05. The molecule has 0 unspecified atom stereocenters. The summed E-state index contributed by atoms with van der Waals surface area (Å²) in [6.45, 7) is -0.174. The first-order valence-corrected chi connectivity index (χ1v) is 4.24. The molecule has 0 aliphatic heterocycles. The summed E-state index contributed by atoms with van der Waals surface area (Å²) in [7, 11) is 1.28. The molecule has 1 aromatic rings. The Morgan fingerprint density at radius 2 is 2.27 bits per heavy atom. The van der Waals surface area contributed by atoms with Crippen LogP contribution in [0.15, 0.2) is 29.4 Å². The number of ether oxygens (including phenoxy) is 2. The van der Waals surface area contributed by atoms with Crippen molar-refractivity contribution in [3.63, 3.8) is 0 Å². The highest BCUT2D eigenvalue weighted by Gasteiger charge is 2.04. The van der Waals surface area contributed by atoms with Gasteiger partial charge in [0.25, 0.3) is 0 Å². The van der Waals surface area contributed by atoms with Crippen LogP contribution in [-0.4, -0.2) is 31.1 Å². The fourth-order valence-electron chi connectivity index (χ4n) is 0.976. The molecule has 0 radical (unpaired) electrons. The zero-order valence-corrected chi connectivity index (χ0v) is 8.21. The van der Waals surface area contributed by atoms with E-state index >= 15 is 0 Å². The van der Waals surface area contributed by atoms with Gasteiger partial charge in [0.15, 0.2) is 6.61 Å². The number of oxime groups is 1. The van der Waals surface area contributed by atoms with Gasteiger partial charge in [0.1, 0.15) is 5.75 Å². The Morgan fingerprint density at radius 1 is 1.53 bits per heavy atom. The van der Waals surface area contributed by atoms with Crippen molar-refractivity contribution < 1.29 is 19.5 Å². The first kappa shape index (κ1) is 11.0. The number of carbonyl (C=O) groups is 1. The number of carbonyl (C=O) groups excluding carboxylic acids is 1. The van der Waals surface area contributed by atoms with Crippen LogP contribution in [0, 0.1) is 0 Å². The highest BCUT2D eigenvalue weighted by molar-refractivity contribution is 5.83. The van der Waals surface area contributed by atoms with E-state index in [0.717, 1.165) is 0 Å². The van der Waals surface area contributed by atoms with Crippen LogP contribution >= 0.6 is 0 Å². The molecule has 0 spiro atoms. The Hall–Kier alpha value is -2.04. The lowest BCUT2D eigenvalue weighted by Gasteiger charge is -2.06. The van der Waals surface area contributed by atoms with Gasteiger partial charge in [-0.25, -0.2) is 4.79 Å². The van der Waals surface area contributed by atoms with Crippen LogP contribution in [0.4, 0.5) is 0 Å². The van der Waals surface area contributed by atoms with Gasteiger partial charge in [-0.3, -0.25) is 0 Å². The van der Waals surface area contributed by atoms with E-state index in [1.807, 2.05) is 0 Å². The molecule has 0 amide bonds. The lowest BCUT2D eigenvalue weighted by Crippen LogP contribution is -2.13. The number of rotatable bonds is 4. The number of hydrogen-bond donors (Lipinski definition) is 1. The summed E-state index contributed by atoms with van der Waals surface area (Å²) >= 11 is 0. The van der Waals surface area contributed by atoms with Gasteiger partial charge >= 0.3 is 5.97 Å². The van der Waals surface area contributed by atoms with Crippen molar-refractivity contribution >= 4 is 12.2 Å². The molecule has 5 nitrogen and oxygen atoms in total. The molecule has 80 valence electrons. The van der Waals surface area contributed by atoms with Crippen molar-refractivity contribution in [3.8, 4) is 5.75 Å². The quantitative estimate of drug-likeness (QED) is 0.348. The molecule has 5 heteroatoms. The first-order valence-electron chi connectivity index (χ1n) is 4.24. The van der Waals surface area contributed by atoms with Crippen LogP contribution in [0.1, 0.15) is 5.56 Å². The standard InChI is InChI=1S/C10H11NO4/c1-14-10(12)7-15-9-5-3-2-4-8(9)6-11-13/h2-6,13H,7H2,1H3/b11-6+. The minimum absolute atomic E-state index is 0.174. The number of esters is 1. The fraction of sp³-hybridized carbons (Fsp3) is 0.200. The zero-order valence-electron chi connectivity index (χ0n) is 8.21. The predicted molar refractivity (Wildman–Crippen MR) is 53.3 cm³/mol. The molecule has 1 N–H and O–H groups in total. The van der Waals surface area contributed by atoms with Gasteiger partial charge in [-0.05, 0) is 12.1 Å². The van der Waals surface area contributed by atoms with E-state index in [4.69, 9.17) is 9.94 Å². The number of benzene rings is 1. The molecule has 1 rings (SSSR count). The van der Waals surface area contributed by atoms with E-state index in [1.54, 1.807) is 24.3 Å². The summed E-state index contributed by atoms with van der Waals surface area (Å²) in [5.74, 6) is -0.00793. The fourth-order valence-corrected chi connectivity index (χ4v) is 0.976. The molecule has 0 heterocycles. The highest BCUT2D eigenvalue weighted by Crippen LogP contribution is 2.15. The summed E-state index contributed by atoms with van der Waals surface area (Å²) in [6.07, 6.45) is 1.23. The molecule has 0 aliphatic carbocycles. The Morgan fingerprint density at radius 3 is 2.93 bits per heavy atom. The first-order chi connectivity index (χ1) is 7.27. The Balaban J connectivity index is 2.71. The second kappa shape index (κ2) is 5.64. The SMILES string of the molecule is COC(=O)COc1ccccc1/C=N/O. The van der Waals surface area contributed by atoms with Crippen LogP contribution in [0.3, 0.4) is 0 Å². The van der Waals surface area contributed by atoms with Crippen LogP contribution < -0.4 is 4.74 Å². The molecule has 0 atom stereocenters. The van der Waals surface area contributed by atoms with Gasteiger partial charge in [0.2, 0.25) is 0 Å². The summed E-state index contributed by atoms with van der Waals surface area (Å²) in [4.78, 5) is 10.8. The normalized spacial score (nSPS) is 10.2. The average Bonchev–Trinajstić information content (AvgIpc) is 2.28. The number of para-hydroxylation sites is 1. The third kappa shape index (κ3) is 3.30. The summed E-state index contributed by atoms with van der Waals surface area (Å²) in [6, 6.07) is 6.88. The average molecular weight is 209 g/mol. The van der Waals surface area contributed by atoms with Crippen LogP contribution in [-0.2, 0) is 9.53 Å². The maximum Gasteiger partial charge on any atom is 0.343 e. The van der Waals surface area contributed by atoms with E-state index in [2.05, 4.69) is 9.89 Å². The van der Waals surface area contributed by atoms with Gasteiger partial charge in [0.05, 0.1) is 13.3 Å². The minimum Gasteiger partial charge on any atom is -0.481 e. The molecular weight excluding hydrogens is 198 g/mol. The topological polar surface area (TPSA) is 68.1 Å². The Bertz CT molecular complexity index is 362. The molecule has 0 saturated heterocycles. The summed E-state index contributed by atoms with van der Waals surface area (Å²) in [5, 5.41) is 11.3. The number of hydrogen-bond acceptors (Lipinski definition) is 5. The maximum atomic E-state index is 10.8. The lowest BCUT2D eigenvalue weighted by atomic mass is 10.2. The van der Waals surface area contributed by atoms with Crippen molar-refractivity contribution in [2.75, 3.05) is 13.7 Å². The van der Waals surface area contributed by atoms with E-state index in [1.165, 1.54) is 13.3 Å². The third-order valence-electron chi connectivity index (χ3n) is 1.69. The summed E-state index contributed by atoms with van der Waals surface area (Å²) < 4.78 is 9.59. The van der Waals surface area contributed by atoms with Gasteiger partial charge in [-0.1, -0.05) is 17.3 Å². The monoisotopic (exact) mass is 209 g/mol. The van der Waals surface area contributed by atoms with Crippen molar-refractivity contribution in [1.29, 1.82) is 0 Å². The van der Waals surface area contributed by atoms with E-state index in [9.17, 15) is 4.79 Å². The molecular formula is C10H11NO4. The molecule has 0 aromatic heterocycles. The van der Waals surface area contributed by atoms with E-state index in [0.29, 0.717) is 11.3 Å². The lowest BCUT2D eigenvalue weighted by molar-refractivity contribution is -0.142. The number of nitrogens with zero attached hydrogens (tertiary/aromatic N) is 1. The van der Waals surface area contributed by atoms with Crippen molar-refractivity contribution in [2.45, 2.75) is 0 Å². The van der Waals surface area contributed by atoms with Crippen molar-refractivity contribution in [3.05, 3.63) is 29.8 Å². The van der Waals surface area contributed by atoms with Crippen LogP contribution in [0.2, 0.25) is 0 Å². The molecule has 15 heavy (non-hydrogen) atoms. The van der Waals surface area contributed by atoms with Crippen LogP contribution in [0.25, 0.3) is 0 Å². The Labute approximate surface area is 86.9 Å². The minimum atomic E-state index is -0.467. The van der Waals surface area contributed by atoms with Crippen molar-refractivity contribution in [1.82, 2.24) is 0 Å². The molecule has 1 aromatic carbocycles. The maximum absolute atomic E-state index is 10.8.